The second-order valence-corrected chi connectivity index (χ2v) is 7.03. The molecule has 0 saturated carbocycles. The highest BCUT2D eigenvalue weighted by atomic mass is 16.4. The molecule has 4 unspecified atom stereocenters. The number of carbonyl (C=O) groups is 5. The number of hydrogen-bond donors (Lipinski definition) is 8. The molecule has 4 atom stereocenters. The van der Waals surface area contributed by atoms with Gasteiger partial charge in [0, 0.05) is 6.42 Å². The zero-order valence-corrected chi connectivity index (χ0v) is 17.3. The Balaban J connectivity index is 2.96. The molecule has 32 heavy (non-hydrogen) atoms. The highest BCUT2D eigenvalue weighted by molar-refractivity contribution is 5.95. The van der Waals surface area contributed by atoms with Gasteiger partial charge < -0.3 is 42.7 Å². The van der Waals surface area contributed by atoms with E-state index in [0.717, 1.165) is 0 Å². The van der Waals surface area contributed by atoms with Gasteiger partial charge in [0.2, 0.25) is 23.6 Å². The molecule has 13 nitrogen and oxygen atoms in total. The number of aliphatic hydroxyl groups is 1. The van der Waals surface area contributed by atoms with Crippen LogP contribution in [0.5, 0.6) is 5.75 Å². The van der Waals surface area contributed by atoms with E-state index in [1.807, 2.05) is 5.32 Å². The fourth-order valence-corrected chi connectivity index (χ4v) is 2.52. The van der Waals surface area contributed by atoms with Crippen molar-refractivity contribution >= 4 is 29.6 Å². The monoisotopic (exact) mass is 453 g/mol. The van der Waals surface area contributed by atoms with Crippen LogP contribution in [0.3, 0.4) is 0 Å². The van der Waals surface area contributed by atoms with Crippen LogP contribution in [-0.2, 0) is 30.4 Å². The van der Waals surface area contributed by atoms with Gasteiger partial charge in [-0.05, 0) is 24.6 Å². The van der Waals surface area contributed by atoms with Gasteiger partial charge >= 0.3 is 5.97 Å². The Labute approximate surface area is 183 Å². The van der Waals surface area contributed by atoms with E-state index in [1.165, 1.54) is 31.2 Å². The number of nitrogens with two attached hydrogens (primary N) is 2. The van der Waals surface area contributed by atoms with Crippen molar-refractivity contribution in [2.45, 2.75) is 43.9 Å². The molecule has 1 aromatic carbocycles. The van der Waals surface area contributed by atoms with Crippen LogP contribution >= 0.6 is 0 Å². The molecule has 0 aliphatic rings. The Morgan fingerprint density at radius 3 is 1.88 bits per heavy atom. The molecule has 0 aromatic heterocycles. The number of benzene rings is 1. The van der Waals surface area contributed by atoms with Crippen molar-refractivity contribution in [2.24, 2.45) is 11.5 Å². The average Bonchev–Trinajstić information content (AvgIpc) is 2.71. The number of amides is 4. The number of aliphatic hydroxyl groups excluding tert-OH is 1. The first kappa shape index (κ1) is 26.3. The summed E-state index contributed by atoms with van der Waals surface area (Å²) in [7, 11) is 0. The molecule has 0 aliphatic heterocycles. The number of aliphatic carboxylic acids is 1. The van der Waals surface area contributed by atoms with Gasteiger partial charge in [-0.15, -0.1) is 0 Å². The summed E-state index contributed by atoms with van der Waals surface area (Å²) in [5.74, 6) is -5.10. The van der Waals surface area contributed by atoms with Gasteiger partial charge in [0.05, 0.1) is 19.1 Å². The lowest BCUT2D eigenvalue weighted by molar-refractivity contribution is -0.144. The summed E-state index contributed by atoms with van der Waals surface area (Å²) in [6, 6.07) is 0.422. The molecule has 0 saturated heterocycles. The summed E-state index contributed by atoms with van der Waals surface area (Å²) in [5.41, 5.74) is 11.0. The third kappa shape index (κ3) is 8.57. The topological polar surface area (TPSA) is 234 Å². The van der Waals surface area contributed by atoms with Crippen LogP contribution in [0.1, 0.15) is 18.9 Å². The van der Waals surface area contributed by atoms with Crippen LogP contribution in [0.25, 0.3) is 0 Å². The predicted octanol–water partition coefficient (Wildman–Crippen LogP) is -3.31. The lowest BCUT2D eigenvalue weighted by Crippen LogP contribution is -2.58. The molecular formula is C19H27N5O8. The van der Waals surface area contributed by atoms with Gasteiger partial charge in [-0.2, -0.15) is 0 Å². The number of carbonyl (C=O) groups excluding carboxylic acids is 4. The van der Waals surface area contributed by atoms with Crippen molar-refractivity contribution < 1.29 is 39.3 Å². The average molecular weight is 453 g/mol. The zero-order chi connectivity index (χ0) is 24.4. The number of phenols is 1. The molecular weight excluding hydrogens is 426 g/mol. The Hall–Kier alpha value is -3.71. The lowest BCUT2D eigenvalue weighted by atomic mass is 10.0. The molecule has 13 heteroatoms. The van der Waals surface area contributed by atoms with Crippen LogP contribution in [-0.4, -0.2) is 75.7 Å². The standard InChI is InChI=1S/C19H27N5O8/c1-9(20)16(28)22-12(6-10-2-4-11(26)5-3-10)17(29)24-14(8-25)18(30)23-13(19(31)32)7-15(21)27/h2-5,9,12-14,25-26H,6-8,20H2,1H3,(H2,21,27)(H,22,28)(H,23,30)(H,24,29)(H,31,32). The number of phenolic OH excluding ortho intramolecular Hbond substituents is 1. The first-order chi connectivity index (χ1) is 14.9. The van der Waals surface area contributed by atoms with E-state index >= 15 is 0 Å². The van der Waals surface area contributed by atoms with E-state index in [-0.39, 0.29) is 12.2 Å². The third-order valence-corrected chi connectivity index (χ3v) is 4.26. The van der Waals surface area contributed by atoms with Gasteiger partial charge in [-0.1, -0.05) is 12.1 Å². The van der Waals surface area contributed by atoms with Crippen molar-refractivity contribution in [1.29, 1.82) is 0 Å². The van der Waals surface area contributed by atoms with Crippen molar-refractivity contribution in [3.8, 4) is 5.75 Å². The molecule has 0 bridgehead atoms. The molecule has 176 valence electrons. The molecule has 0 fully saturated rings. The fraction of sp³-hybridized carbons (Fsp3) is 0.421. The summed E-state index contributed by atoms with van der Waals surface area (Å²) in [4.78, 5) is 59.2. The molecule has 0 aliphatic carbocycles. The summed E-state index contributed by atoms with van der Waals surface area (Å²) < 4.78 is 0. The minimum Gasteiger partial charge on any atom is -0.508 e. The minimum absolute atomic E-state index is 0.00433. The van der Waals surface area contributed by atoms with E-state index in [1.54, 1.807) is 0 Å². The van der Waals surface area contributed by atoms with Crippen molar-refractivity contribution in [3.05, 3.63) is 29.8 Å². The quantitative estimate of drug-likeness (QED) is 0.158. The van der Waals surface area contributed by atoms with Crippen molar-refractivity contribution in [1.82, 2.24) is 16.0 Å². The third-order valence-electron chi connectivity index (χ3n) is 4.26. The minimum atomic E-state index is -1.66. The highest BCUT2D eigenvalue weighted by Gasteiger charge is 2.30. The maximum atomic E-state index is 12.7. The number of aromatic hydroxyl groups is 1. The van der Waals surface area contributed by atoms with E-state index in [9.17, 15) is 34.2 Å². The predicted molar refractivity (Wildman–Crippen MR) is 110 cm³/mol. The maximum Gasteiger partial charge on any atom is 0.326 e. The number of primary amides is 1. The number of nitrogens with one attached hydrogen (secondary N) is 3. The summed E-state index contributed by atoms with van der Waals surface area (Å²) in [6.45, 7) is 0.507. The zero-order valence-electron chi connectivity index (χ0n) is 17.3. The molecule has 0 spiro atoms. The van der Waals surface area contributed by atoms with E-state index in [2.05, 4.69) is 10.6 Å². The summed E-state index contributed by atoms with van der Waals surface area (Å²) >= 11 is 0. The van der Waals surface area contributed by atoms with E-state index in [0.29, 0.717) is 5.56 Å². The Kier molecular flexibility index (Phi) is 10.1. The highest BCUT2D eigenvalue weighted by Crippen LogP contribution is 2.11. The first-order valence-electron chi connectivity index (χ1n) is 9.51. The van der Waals surface area contributed by atoms with Gasteiger partial charge in [0.1, 0.15) is 23.9 Å². The van der Waals surface area contributed by atoms with Gasteiger partial charge in [0.25, 0.3) is 0 Å². The second-order valence-electron chi connectivity index (χ2n) is 7.03. The second kappa shape index (κ2) is 12.2. The SMILES string of the molecule is CC(N)C(=O)NC(Cc1ccc(O)cc1)C(=O)NC(CO)C(=O)NC(CC(N)=O)C(=O)O. The summed E-state index contributed by atoms with van der Waals surface area (Å²) in [6.07, 6.45) is -0.731. The Morgan fingerprint density at radius 2 is 1.41 bits per heavy atom. The molecule has 4 amide bonds. The van der Waals surface area contributed by atoms with Crippen LogP contribution in [0.15, 0.2) is 24.3 Å². The van der Waals surface area contributed by atoms with Gasteiger partial charge in [0.15, 0.2) is 0 Å². The van der Waals surface area contributed by atoms with Crippen LogP contribution in [0, 0.1) is 0 Å². The fourth-order valence-electron chi connectivity index (χ4n) is 2.52. The van der Waals surface area contributed by atoms with E-state index in [4.69, 9.17) is 16.6 Å². The van der Waals surface area contributed by atoms with Crippen molar-refractivity contribution in [3.63, 3.8) is 0 Å². The largest absolute Gasteiger partial charge is 0.508 e. The lowest BCUT2D eigenvalue weighted by Gasteiger charge is -2.24. The number of hydrogen-bond acceptors (Lipinski definition) is 8. The molecule has 1 aromatic rings. The molecule has 0 radical (unpaired) electrons. The van der Waals surface area contributed by atoms with Crippen LogP contribution < -0.4 is 27.4 Å². The molecule has 0 heterocycles. The van der Waals surface area contributed by atoms with Crippen LogP contribution in [0.4, 0.5) is 0 Å². The van der Waals surface area contributed by atoms with Gasteiger partial charge in [-0.3, -0.25) is 19.2 Å². The van der Waals surface area contributed by atoms with Gasteiger partial charge in [-0.25, -0.2) is 4.79 Å². The normalized spacial score (nSPS) is 14.3. The number of rotatable bonds is 12. The Bertz CT molecular complexity index is 843. The summed E-state index contributed by atoms with van der Waals surface area (Å²) in [5, 5.41) is 34.6. The Morgan fingerprint density at radius 1 is 0.906 bits per heavy atom. The van der Waals surface area contributed by atoms with E-state index < -0.39 is 66.8 Å². The van der Waals surface area contributed by atoms with Crippen molar-refractivity contribution in [2.75, 3.05) is 6.61 Å². The smallest absolute Gasteiger partial charge is 0.326 e. The number of carboxylic acids is 1. The maximum absolute atomic E-state index is 12.7. The molecule has 1 rings (SSSR count). The first-order valence-corrected chi connectivity index (χ1v) is 9.51. The number of carboxylic acid groups (broad SMARTS) is 1. The van der Waals surface area contributed by atoms with Crippen LogP contribution in [0.2, 0.25) is 0 Å². The molecule has 10 N–H and O–H groups in total.